The highest BCUT2D eigenvalue weighted by Gasteiger charge is 2.22. The van der Waals surface area contributed by atoms with Crippen molar-refractivity contribution < 1.29 is 13.2 Å². The largest absolute Gasteiger partial charge is 0.355 e. The third-order valence-electron chi connectivity index (χ3n) is 2.95. The van der Waals surface area contributed by atoms with Gasteiger partial charge in [0.05, 0.1) is 0 Å². The van der Waals surface area contributed by atoms with Gasteiger partial charge >= 0.3 is 0 Å². The summed E-state index contributed by atoms with van der Waals surface area (Å²) >= 11 is 11.8. The van der Waals surface area contributed by atoms with E-state index in [1.54, 1.807) is 12.1 Å². The topological polar surface area (TPSA) is 63.2 Å². The summed E-state index contributed by atoms with van der Waals surface area (Å²) in [5.74, 6) is -0.477. The van der Waals surface area contributed by atoms with Gasteiger partial charge in [-0.1, -0.05) is 29.3 Å². The number of carbonyl (C=O) groups is 1. The standard InChI is InChI=1S/C13H17Cl2NO3S/c1-9(20(2,18)19)13(17)16-7-3-4-10-5-6-11(14)8-12(10)15/h5-6,8-9H,3-4,7H2,1-2H3,(H,16,17). The third-order valence-corrected chi connectivity index (χ3v) is 5.03. The molecule has 0 aliphatic rings. The minimum atomic E-state index is -3.35. The predicted molar refractivity (Wildman–Crippen MR) is 82.1 cm³/mol. The summed E-state index contributed by atoms with van der Waals surface area (Å²) in [7, 11) is -3.35. The highest BCUT2D eigenvalue weighted by Crippen LogP contribution is 2.21. The van der Waals surface area contributed by atoms with Crippen LogP contribution in [0, 0.1) is 0 Å². The quantitative estimate of drug-likeness (QED) is 0.811. The fourth-order valence-electron chi connectivity index (χ4n) is 1.55. The third kappa shape index (κ3) is 5.31. The van der Waals surface area contributed by atoms with E-state index >= 15 is 0 Å². The Kier molecular flexibility index (Phi) is 6.30. The lowest BCUT2D eigenvalue weighted by Gasteiger charge is -2.10. The van der Waals surface area contributed by atoms with Crippen LogP contribution >= 0.6 is 23.2 Å². The number of hydrogen-bond donors (Lipinski definition) is 1. The van der Waals surface area contributed by atoms with Gasteiger partial charge in [0, 0.05) is 22.8 Å². The average Bonchev–Trinajstić information content (AvgIpc) is 2.34. The van der Waals surface area contributed by atoms with Gasteiger partial charge in [-0.25, -0.2) is 8.42 Å². The van der Waals surface area contributed by atoms with Crippen molar-refractivity contribution in [3.63, 3.8) is 0 Å². The van der Waals surface area contributed by atoms with Crippen LogP contribution in [0.15, 0.2) is 18.2 Å². The van der Waals surface area contributed by atoms with Crippen molar-refractivity contribution in [3.05, 3.63) is 33.8 Å². The zero-order valence-electron chi connectivity index (χ0n) is 11.3. The predicted octanol–water partition coefficient (Wildman–Crippen LogP) is 2.48. The zero-order valence-corrected chi connectivity index (χ0v) is 13.6. The van der Waals surface area contributed by atoms with E-state index in [2.05, 4.69) is 5.32 Å². The molecule has 112 valence electrons. The first kappa shape index (κ1) is 17.3. The number of halogens is 2. The zero-order chi connectivity index (χ0) is 15.3. The van der Waals surface area contributed by atoms with Crippen LogP contribution < -0.4 is 5.32 Å². The summed E-state index contributed by atoms with van der Waals surface area (Å²) in [5, 5.41) is 2.75. The molecule has 0 fully saturated rings. The van der Waals surface area contributed by atoms with Crippen LogP contribution in [0.3, 0.4) is 0 Å². The van der Waals surface area contributed by atoms with Gasteiger partial charge < -0.3 is 5.32 Å². The van der Waals surface area contributed by atoms with Crippen molar-refractivity contribution in [2.75, 3.05) is 12.8 Å². The van der Waals surface area contributed by atoms with E-state index < -0.39 is 21.0 Å². The van der Waals surface area contributed by atoms with Crippen LogP contribution in [0.25, 0.3) is 0 Å². The summed E-state index contributed by atoms with van der Waals surface area (Å²) in [6.07, 6.45) is 2.40. The molecule has 1 N–H and O–H groups in total. The van der Waals surface area contributed by atoms with Crippen LogP contribution in [0.5, 0.6) is 0 Å². The molecule has 0 aliphatic carbocycles. The number of nitrogens with one attached hydrogen (secondary N) is 1. The molecule has 1 unspecified atom stereocenters. The van der Waals surface area contributed by atoms with E-state index in [1.807, 2.05) is 6.07 Å². The minimum absolute atomic E-state index is 0.400. The molecule has 0 heterocycles. The van der Waals surface area contributed by atoms with Crippen molar-refractivity contribution in [2.45, 2.75) is 25.0 Å². The van der Waals surface area contributed by atoms with Gasteiger partial charge in [-0.3, -0.25) is 4.79 Å². The smallest absolute Gasteiger partial charge is 0.238 e. The van der Waals surface area contributed by atoms with Gasteiger partial charge in [-0.2, -0.15) is 0 Å². The van der Waals surface area contributed by atoms with E-state index in [0.717, 1.165) is 11.8 Å². The Balaban J connectivity index is 2.41. The number of aryl methyl sites for hydroxylation is 1. The molecule has 1 aromatic rings. The maximum Gasteiger partial charge on any atom is 0.238 e. The highest BCUT2D eigenvalue weighted by molar-refractivity contribution is 7.92. The van der Waals surface area contributed by atoms with Crippen molar-refractivity contribution in [1.82, 2.24) is 5.32 Å². The van der Waals surface area contributed by atoms with Crippen molar-refractivity contribution in [1.29, 1.82) is 0 Å². The van der Waals surface area contributed by atoms with E-state index in [-0.39, 0.29) is 0 Å². The second-order valence-corrected chi connectivity index (χ2v) is 7.81. The Morgan fingerprint density at radius 2 is 2.00 bits per heavy atom. The average molecular weight is 338 g/mol. The summed E-state index contributed by atoms with van der Waals surface area (Å²) < 4.78 is 22.4. The maximum atomic E-state index is 11.6. The number of hydrogen-bond acceptors (Lipinski definition) is 3. The first-order chi connectivity index (χ1) is 9.21. The van der Waals surface area contributed by atoms with E-state index in [9.17, 15) is 13.2 Å². The molecular formula is C13H17Cl2NO3S. The summed E-state index contributed by atoms with van der Waals surface area (Å²) in [6.45, 7) is 1.78. The minimum Gasteiger partial charge on any atom is -0.355 e. The Morgan fingerprint density at radius 1 is 1.35 bits per heavy atom. The second-order valence-electron chi connectivity index (χ2n) is 4.60. The van der Waals surface area contributed by atoms with Crippen LogP contribution in [0.2, 0.25) is 10.0 Å². The molecule has 0 spiro atoms. The van der Waals surface area contributed by atoms with Crippen LogP contribution in [0.4, 0.5) is 0 Å². The Hall–Kier alpha value is -0.780. The Morgan fingerprint density at radius 3 is 2.55 bits per heavy atom. The van der Waals surface area contributed by atoms with E-state index in [1.165, 1.54) is 6.92 Å². The summed E-state index contributed by atoms with van der Waals surface area (Å²) in [6, 6.07) is 5.27. The fraction of sp³-hybridized carbons (Fsp3) is 0.462. The number of amides is 1. The molecule has 0 radical (unpaired) electrons. The first-order valence-corrected chi connectivity index (χ1v) is 8.83. The molecule has 1 atom stereocenters. The summed E-state index contributed by atoms with van der Waals surface area (Å²) in [5.41, 5.74) is 0.946. The van der Waals surface area contributed by atoms with Gasteiger partial charge in [0.2, 0.25) is 5.91 Å². The van der Waals surface area contributed by atoms with Gasteiger partial charge in [-0.05, 0) is 37.5 Å². The van der Waals surface area contributed by atoms with Crippen LogP contribution in [-0.2, 0) is 21.1 Å². The Bertz CT molecular complexity index is 587. The number of carbonyl (C=O) groups excluding carboxylic acids is 1. The number of benzene rings is 1. The van der Waals surface area contributed by atoms with Crippen molar-refractivity contribution >= 4 is 38.9 Å². The van der Waals surface area contributed by atoms with E-state index in [4.69, 9.17) is 23.2 Å². The lowest BCUT2D eigenvalue weighted by molar-refractivity contribution is -0.120. The van der Waals surface area contributed by atoms with Crippen LogP contribution in [-0.4, -0.2) is 32.4 Å². The van der Waals surface area contributed by atoms with Gasteiger partial charge in [0.25, 0.3) is 0 Å². The monoisotopic (exact) mass is 337 g/mol. The van der Waals surface area contributed by atoms with E-state index in [0.29, 0.717) is 29.4 Å². The molecular weight excluding hydrogens is 321 g/mol. The SMILES string of the molecule is CC(C(=O)NCCCc1ccc(Cl)cc1Cl)S(C)(=O)=O. The molecule has 0 saturated heterocycles. The van der Waals surface area contributed by atoms with Crippen LogP contribution in [0.1, 0.15) is 18.9 Å². The molecule has 1 rings (SSSR count). The fourth-order valence-corrected chi connectivity index (χ4v) is 2.53. The Labute approximate surface area is 129 Å². The number of sulfone groups is 1. The molecule has 20 heavy (non-hydrogen) atoms. The highest BCUT2D eigenvalue weighted by atomic mass is 35.5. The second kappa shape index (κ2) is 7.29. The maximum absolute atomic E-state index is 11.6. The molecule has 7 heteroatoms. The lowest BCUT2D eigenvalue weighted by atomic mass is 10.1. The molecule has 0 aliphatic heterocycles. The number of rotatable bonds is 6. The van der Waals surface area contributed by atoms with Gasteiger partial charge in [0.15, 0.2) is 9.84 Å². The normalized spacial score (nSPS) is 13.0. The van der Waals surface area contributed by atoms with Gasteiger partial charge in [0.1, 0.15) is 5.25 Å². The molecule has 1 aromatic carbocycles. The molecule has 4 nitrogen and oxygen atoms in total. The first-order valence-electron chi connectivity index (χ1n) is 6.12. The lowest BCUT2D eigenvalue weighted by Crippen LogP contribution is -2.37. The molecule has 0 aromatic heterocycles. The molecule has 1 amide bonds. The molecule has 0 saturated carbocycles. The van der Waals surface area contributed by atoms with Crippen molar-refractivity contribution in [2.24, 2.45) is 0 Å². The van der Waals surface area contributed by atoms with Crippen molar-refractivity contribution in [3.8, 4) is 0 Å². The molecule has 0 bridgehead atoms. The van der Waals surface area contributed by atoms with Gasteiger partial charge in [-0.15, -0.1) is 0 Å². The summed E-state index contributed by atoms with van der Waals surface area (Å²) in [4.78, 5) is 11.6.